The monoisotopic (exact) mass is 251 g/mol. The maximum absolute atomic E-state index is 13.2. The van der Waals surface area contributed by atoms with E-state index in [-0.39, 0.29) is 22.2 Å². The third-order valence-electron chi connectivity index (χ3n) is 1.85. The SMILES string of the molecule is NCCCS(=O)(=O)c1cc(Cl)ccc1F. The zero-order valence-electron chi connectivity index (χ0n) is 7.91. The maximum atomic E-state index is 13.2. The summed E-state index contributed by atoms with van der Waals surface area (Å²) in [7, 11) is -3.62. The molecule has 0 aliphatic carbocycles. The molecule has 0 atom stereocenters. The van der Waals surface area contributed by atoms with Crippen LogP contribution in [0.3, 0.4) is 0 Å². The maximum Gasteiger partial charge on any atom is 0.181 e. The fraction of sp³-hybridized carbons (Fsp3) is 0.333. The first-order valence-corrected chi connectivity index (χ1v) is 6.38. The van der Waals surface area contributed by atoms with Crippen molar-refractivity contribution in [2.75, 3.05) is 12.3 Å². The molecular weight excluding hydrogens is 241 g/mol. The van der Waals surface area contributed by atoms with E-state index in [1.807, 2.05) is 0 Å². The molecular formula is C9H11ClFNO2S. The number of rotatable bonds is 4. The molecule has 0 aliphatic heterocycles. The Kier molecular flexibility index (Phi) is 4.07. The Hall–Kier alpha value is -0.650. The Morgan fingerprint density at radius 3 is 2.67 bits per heavy atom. The van der Waals surface area contributed by atoms with Crippen molar-refractivity contribution in [1.29, 1.82) is 0 Å². The van der Waals surface area contributed by atoms with E-state index in [0.717, 1.165) is 12.1 Å². The van der Waals surface area contributed by atoms with E-state index in [1.54, 1.807) is 0 Å². The first-order valence-electron chi connectivity index (χ1n) is 4.35. The normalized spacial score (nSPS) is 11.7. The molecule has 0 unspecified atom stereocenters. The average Bonchev–Trinajstić information content (AvgIpc) is 2.18. The Labute approximate surface area is 93.0 Å². The van der Waals surface area contributed by atoms with E-state index in [2.05, 4.69) is 0 Å². The summed E-state index contributed by atoms with van der Waals surface area (Å²) in [5.41, 5.74) is 5.20. The van der Waals surface area contributed by atoms with Crippen molar-refractivity contribution in [3.05, 3.63) is 29.0 Å². The van der Waals surface area contributed by atoms with Crippen LogP contribution >= 0.6 is 11.6 Å². The van der Waals surface area contributed by atoms with Gasteiger partial charge in [0, 0.05) is 5.02 Å². The number of hydrogen-bond acceptors (Lipinski definition) is 3. The molecule has 84 valence electrons. The van der Waals surface area contributed by atoms with Gasteiger partial charge in [-0.05, 0) is 31.2 Å². The van der Waals surface area contributed by atoms with Crippen LogP contribution < -0.4 is 5.73 Å². The lowest BCUT2D eigenvalue weighted by Gasteiger charge is -2.05. The van der Waals surface area contributed by atoms with E-state index < -0.39 is 15.7 Å². The van der Waals surface area contributed by atoms with Gasteiger partial charge >= 0.3 is 0 Å². The van der Waals surface area contributed by atoms with Gasteiger partial charge in [0.05, 0.1) is 5.75 Å². The molecule has 0 radical (unpaired) electrons. The summed E-state index contributed by atoms with van der Waals surface area (Å²) < 4.78 is 36.4. The quantitative estimate of drug-likeness (QED) is 0.884. The van der Waals surface area contributed by atoms with Gasteiger partial charge in [-0.2, -0.15) is 0 Å². The van der Waals surface area contributed by atoms with Crippen LogP contribution in [0.4, 0.5) is 4.39 Å². The van der Waals surface area contributed by atoms with Crippen molar-refractivity contribution < 1.29 is 12.8 Å². The average molecular weight is 252 g/mol. The van der Waals surface area contributed by atoms with Crippen LogP contribution in [-0.4, -0.2) is 20.7 Å². The van der Waals surface area contributed by atoms with Gasteiger partial charge < -0.3 is 5.73 Å². The topological polar surface area (TPSA) is 60.2 Å². The van der Waals surface area contributed by atoms with E-state index >= 15 is 0 Å². The van der Waals surface area contributed by atoms with Gasteiger partial charge in [-0.25, -0.2) is 12.8 Å². The van der Waals surface area contributed by atoms with Crippen LogP contribution in [0.1, 0.15) is 6.42 Å². The van der Waals surface area contributed by atoms with Crippen molar-refractivity contribution in [2.24, 2.45) is 5.73 Å². The molecule has 1 aromatic rings. The van der Waals surface area contributed by atoms with Crippen LogP contribution in [0.25, 0.3) is 0 Å². The highest BCUT2D eigenvalue weighted by Gasteiger charge is 2.18. The molecule has 0 aromatic heterocycles. The first kappa shape index (κ1) is 12.4. The van der Waals surface area contributed by atoms with E-state index in [1.165, 1.54) is 6.07 Å². The molecule has 0 saturated carbocycles. The molecule has 0 amide bonds. The van der Waals surface area contributed by atoms with E-state index in [0.29, 0.717) is 6.42 Å². The Morgan fingerprint density at radius 2 is 2.07 bits per heavy atom. The minimum Gasteiger partial charge on any atom is -0.330 e. The van der Waals surface area contributed by atoms with Gasteiger partial charge in [-0.15, -0.1) is 0 Å². The highest BCUT2D eigenvalue weighted by Crippen LogP contribution is 2.20. The van der Waals surface area contributed by atoms with Crippen molar-refractivity contribution in [1.82, 2.24) is 0 Å². The van der Waals surface area contributed by atoms with Gasteiger partial charge in [0.25, 0.3) is 0 Å². The molecule has 15 heavy (non-hydrogen) atoms. The fourth-order valence-electron chi connectivity index (χ4n) is 1.10. The first-order chi connectivity index (χ1) is 6.97. The second-order valence-corrected chi connectivity index (χ2v) is 5.55. The van der Waals surface area contributed by atoms with E-state index in [9.17, 15) is 12.8 Å². The van der Waals surface area contributed by atoms with Crippen molar-refractivity contribution in [2.45, 2.75) is 11.3 Å². The van der Waals surface area contributed by atoms with Gasteiger partial charge in [-0.1, -0.05) is 11.6 Å². The summed E-state index contributed by atoms with van der Waals surface area (Å²) >= 11 is 5.60. The van der Waals surface area contributed by atoms with Crippen molar-refractivity contribution >= 4 is 21.4 Å². The number of hydrogen-bond donors (Lipinski definition) is 1. The third kappa shape index (κ3) is 3.15. The number of nitrogens with two attached hydrogens (primary N) is 1. The molecule has 0 spiro atoms. The Morgan fingerprint density at radius 1 is 1.40 bits per heavy atom. The summed E-state index contributed by atoms with van der Waals surface area (Å²) in [6.45, 7) is 0.251. The lowest BCUT2D eigenvalue weighted by atomic mass is 10.3. The van der Waals surface area contributed by atoms with Crippen LogP contribution in [-0.2, 0) is 9.84 Å². The molecule has 0 bridgehead atoms. The number of benzene rings is 1. The smallest absolute Gasteiger partial charge is 0.181 e. The second-order valence-electron chi connectivity index (χ2n) is 3.04. The highest BCUT2D eigenvalue weighted by atomic mass is 35.5. The lowest BCUT2D eigenvalue weighted by Crippen LogP contribution is -2.12. The standard InChI is InChI=1S/C9H11ClFNO2S/c10-7-2-3-8(11)9(6-7)15(13,14)5-1-4-12/h2-3,6H,1,4-5,12H2. The predicted molar refractivity (Wildman–Crippen MR) is 57.1 cm³/mol. The summed E-state index contributed by atoms with van der Waals surface area (Å²) in [6, 6.07) is 3.46. The van der Waals surface area contributed by atoms with Crippen LogP contribution in [0, 0.1) is 5.82 Å². The second kappa shape index (κ2) is 4.92. The summed E-state index contributed by atoms with van der Waals surface area (Å²) in [6.07, 6.45) is 0.300. The summed E-state index contributed by atoms with van der Waals surface area (Å²) in [5.74, 6) is -0.947. The molecule has 6 heteroatoms. The van der Waals surface area contributed by atoms with Crippen LogP contribution in [0.15, 0.2) is 23.1 Å². The van der Waals surface area contributed by atoms with Crippen LogP contribution in [0.5, 0.6) is 0 Å². The third-order valence-corrected chi connectivity index (χ3v) is 3.89. The Balaban J connectivity index is 3.09. The van der Waals surface area contributed by atoms with E-state index in [4.69, 9.17) is 17.3 Å². The van der Waals surface area contributed by atoms with Crippen molar-refractivity contribution in [3.63, 3.8) is 0 Å². The fourth-order valence-corrected chi connectivity index (χ4v) is 2.77. The van der Waals surface area contributed by atoms with Gasteiger partial charge in [0.15, 0.2) is 9.84 Å². The number of sulfone groups is 1. The van der Waals surface area contributed by atoms with Crippen LogP contribution in [0.2, 0.25) is 5.02 Å². The minimum atomic E-state index is -3.62. The van der Waals surface area contributed by atoms with Gasteiger partial charge in [-0.3, -0.25) is 0 Å². The van der Waals surface area contributed by atoms with Gasteiger partial charge in [0.1, 0.15) is 10.7 Å². The predicted octanol–water partition coefficient (Wildman–Crippen LogP) is 1.60. The molecule has 0 aliphatic rings. The lowest BCUT2D eigenvalue weighted by molar-refractivity contribution is 0.565. The highest BCUT2D eigenvalue weighted by molar-refractivity contribution is 7.91. The molecule has 2 N–H and O–H groups in total. The minimum absolute atomic E-state index is 0.166. The molecule has 3 nitrogen and oxygen atoms in total. The molecule has 1 rings (SSSR count). The Bertz CT molecular complexity index is 447. The summed E-state index contributed by atoms with van der Waals surface area (Å²) in [5, 5.41) is 0.197. The summed E-state index contributed by atoms with van der Waals surface area (Å²) in [4.78, 5) is -0.358. The molecule has 0 heterocycles. The largest absolute Gasteiger partial charge is 0.330 e. The zero-order valence-corrected chi connectivity index (χ0v) is 9.48. The zero-order chi connectivity index (χ0) is 11.5. The molecule has 0 fully saturated rings. The van der Waals surface area contributed by atoms with Gasteiger partial charge in [0.2, 0.25) is 0 Å². The number of halogens is 2. The molecule has 0 saturated heterocycles. The van der Waals surface area contributed by atoms with Crippen molar-refractivity contribution in [3.8, 4) is 0 Å². The molecule has 1 aromatic carbocycles.